The van der Waals surface area contributed by atoms with E-state index in [1.54, 1.807) is 42.3 Å². The van der Waals surface area contributed by atoms with Crippen LogP contribution in [-0.4, -0.2) is 53.4 Å². The van der Waals surface area contributed by atoms with Crippen molar-refractivity contribution in [3.63, 3.8) is 0 Å². The predicted octanol–water partition coefficient (Wildman–Crippen LogP) is 5.40. The molecule has 1 aromatic heterocycles. The van der Waals surface area contributed by atoms with E-state index in [1.807, 2.05) is 19.1 Å². The van der Waals surface area contributed by atoms with Gasteiger partial charge in [-0.3, -0.25) is 4.79 Å². The number of hydrogen-bond acceptors (Lipinski definition) is 6. The number of amides is 1. The van der Waals surface area contributed by atoms with Gasteiger partial charge >= 0.3 is 0 Å². The maximum Gasteiger partial charge on any atom is 0.254 e. The van der Waals surface area contributed by atoms with Crippen molar-refractivity contribution in [1.82, 2.24) is 19.4 Å². The average molecular weight is 531 g/mol. The molecule has 0 unspecified atom stereocenters. The zero-order valence-corrected chi connectivity index (χ0v) is 22.1. The lowest BCUT2D eigenvalue weighted by Crippen LogP contribution is -2.38. The smallest absolute Gasteiger partial charge is 0.254 e. The Labute approximate surface area is 217 Å². The van der Waals surface area contributed by atoms with Crippen molar-refractivity contribution < 1.29 is 17.6 Å². The lowest BCUT2D eigenvalue weighted by molar-refractivity contribution is 0.0728. The zero-order valence-electron chi connectivity index (χ0n) is 20.6. The van der Waals surface area contributed by atoms with Gasteiger partial charge in [-0.05, 0) is 49.6 Å². The predicted molar refractivity (Wildman–Crippen MR) is 138 cm³/mol. The van der Waals surface area contributed by atoms with Crippen LogP contribution in [0.2, 0.25) is 5.02 Å². The first-order valence-corrected chi connectivity index (χ1v) is 14.1. The summed E-state index contributed by atoms with van der Waals surface area (Å²) in [6.45, 7) is 2.51. The van der Waals surface area contributed by atoms with E-state index in [-0.39, 0.29) is 35.2 Å². The number of nitrogens with zero attached hydrogens (tertiary/aromatic N) is 4. The molecule has 2 aromatic carbocycles. The molecule has 0 atom stereocenters. The van der Waals surface area contributed by atoms with Crippen LogP contribution in [0.4, 0.5) is 0 Å². The molecule has 0 radical (unpaired) electrons. The van der Waals surface area contributed by atoms with E-state index in [1.165, 1.54) is 10.4 Å². The van der Waals surface area contributed by atoms with Gasteiger partial charge in [0.1, 0.15) is 0 Å². The molecule has 1 saturated carbocycles. The molecule has 0 saturated heterocycles. The molecule has 0 aliphatic heterocycles. The number of aromatic nitrogens is 2. The topological polar surface area (TPSA) is 96.6 Å². The standard InChI is InChI=1S/C26H31ClN4O4S/c1-3-16-31(18-24-28-29-25(35-24)22-14-7-8-15-23(22)27)26(32)19-10-9-13-21(17-19)36(33,34)30(2)20-11-5-4-6-12-20/h7-10,13-15,17,20H,3-6,11-12,16,18H2,1-2H3. The van der Waals surface area contributed by atoms with E-state index in [9.17, 15) is 13.2 Å². The zero-order chi connectivity index (χ0) is 25.7. The van der Waals surface area contributed by atoms with Crippen molar-refractivity contribution in [2.75, 3.05) is 13.6 Å². The van der Waals surface area contributed by atoms with Gasteiger partial charge in [-0.25, -0.2) is 8.42 Å². The van der Waals surface area contributed by atoms with Gasteiger partial charge in [0.05, 0.1) is 22.0 Å². The number of halogens is 1. The minimum atomic E-state index is -3.71. The fourth-order valence-corrected chi connectivity index (χ4v) is 6.20. The van der Waals surface area contributed by atoms with Gasteiger partial charge in [0.2, 0.25) is 21.8 Å². The minimum absolute atomic E-state index is 0.00969. The Morgan fingerprint density at radius 2 is 1.83 bits per heavy atom. The number of hydrogen-bond donors (Lipinski definition) is 0. The molecule has 1 amide bonds. The lowest BCUT2D eigenvalue weighted by atomic mass is 9.96. The summed E-state index contributed by atoms with van der Waals surface area (Å²) < 4.78 is 33.9. The SMILES string of the molecule is CCCN(Cc1nnc(-c2ccccc2Cl)o1)C(=O)c1cccc(S(=O)(=O)N(C)C2CCCCC2)c1. The highest BCUT2D eigenvalue weighted by Gasteiger charge is 2.30. The van der Waals surface area contributed by atoms with Crippen LogP contribution >= 0.6 is 11.6 Å². The Bertz CT molecular complexity index is 1300. The second-order valence-electron chi connectivity index (χ2n) is 9.05. The number of sulfonamides is 1. The molecular formula is C26H31ClN4O4S. The highest BCUT2D eigenvalue weighted by molar-refractivity contribution is 7.89. The van der Waals surface area contributed by atoms with Crippen LogP contribution in [0, 0.1) is 0 Å². The van der Waals surface area contributed by atoms with Gasteiger partial charge in [0, 0.05) is 25.2 Å². The van der Waals surface area contributed by atoms with Crippen molar-refractivity contribution in [1.29, 1.82) is 0 Å². The van der Waals surface area contributed by atoms with E-state index < -0.39 is 10.0 Å². The lowest BCUT2D eigenvalue weighted by Gasteiger charge is -2.30. The largest absolute Gasteiger partial charge is 0.419 e. The van der Waals surface area contributed by atoms with Gasteiger partial charge in [0.25, 0.3) is 5.91 Å². The second kappa shape index (κ2) is 11.5. The van der Waals surface area contributed by atoms with Gasteiger partial charge in [-0.15, -0.1) is 10.2 Å². The molecule has 1 aliphatic carbocycles. The van der Waals surface area contributed by atoms with Crippen molar-refractivity contribution >= 4 is 27.5 Å². The third-order valence-electron chi connectivity index (χ3n) is 6.52. The van der Waals surface area contributed by atoms with Crippen LogP contribution < -0.4 is 0 Å². The van der Waals surface area contributed by atoms with Crippen LogP contribution in [0.25, 0.3) is 11.5 Å². The van der Waals surface area contributed by atoms with Crippen LogP contribution in [0.15, 0.2) is 57.8 Å². The molecule has 36 heavy (non-hydrogen) atoms. The Morgan fingerprint density at radius 1 is 1.08 bits per heavy atom. The molecule has 0 bridgehead atoms. The monoisotopic (exact) mass is 530 g/mol. The number of carbonyl (C=O) groups is 1. The van der Waals surface area contributed by atoms with Gasteiger partial charge < -0.3 is 9.32 Å². The summed E-state index contributed by atoms with van der Waals surface area (Å²) in [7, 11) is -2.08. The van der Waals surface area contributed by atoms with E-state index in [0.717, 1.165) is 32.1 Å². The molecule has 4 rings (SSSR count). The van der Waals surface area contributed by atoms with Gasteiger partial charge in [0.15, 0.2) is 0 Å². The third kappa shape index (κ3) is 5.79. The van der Waals surface area contributed by atoms with E-state index >= 15 is 0 Å². The molecule has 3 aromatic rings. The summed E-state index contributed by atoms with van der Waals surface area (Å²) in [6.07, 6.45) is 5.63. The molecular weight excluding hydrogens is 500 g/mol. The summed E-state index contributed by atoms with van der Waals surface area (Å²) in [5.41, 5.74) is 0.915. The normalized spacial score (nSPS) is 14.8. The first-order chi connectivity index (χ1) is 17.3. The summed E-state index contributed by atoms with van der Waals surface area (Å²) in [4.78, 5) is 15.1. The van der Waals surface area contributed by atoms with Crippen molar-refractivity contribution in [3.8, 4) is 11.5 Å². The fraction of sp³-hybridized carbons (Fsp3) is 0.423. The molecule has 192 valence electrons. The van der Waals surface area contributed by atoms with E-state index in [4.69, 9.17) is 16.0 Å². The first-order valence-electron chi connectivity index (χ1n) is 12.3. The highest BCUT2D eigenvalue weighted by Crippen LogP contribution is 2.28. The quantitative estimate of drug-likeness (QED) is 0.367. The third-order valence-corrected chi connectivity index (χ3v) is 8.76. The fourth-order valence-electron chi connectivity index (χ4n) is 4.53. The van der Waals surface area contributed by atoms with Crippen LogP contribution in [0.1, 0.15) is 61.7 Å². The minimum Gasteiger partial charge on any atom is -0.419 e. The molecule has 1 fully saturated rings. The highest BCUT2D eigenvalue weighted by atomic mass is 35.5. The molecule has 0 spiro atoms. The van der Waals surface area contributed by atoms with E-state index in [2.05, 4.69) is 10.2 Å². The summed E-state index contributed by atoms with van der Waals surface area (Å²) in [6, 6.07) is 13.4. The Morgan fingerprint density at radius 3 is 2.56 bits per heavy atom. The first kappa shape index (κ1) is 26.3. The van der Waals surface area contributed by atoms with Crippen LogP contribution in [0.3, 0.4) is 0 Å². The number of benzene rings is 2. The summed E-state index contributed by atoms with van der Waals surface area (Å²) in [5.74, 6) is 0.248. The molecule has 0 N–H and O–H groups in total. The van der Waals surface area contributed by atoms with Crippen molar-refractivity contribution in [3.05, 3.63) is 65.0 Å². The molecule has 1 heterocycles. The van der Waals surface area contributed by atoms with Crippen LogP contribution in [-0.2, 0) is 16.6 Å². The number of carbonyl (C=O) groups excluding carboxylic acids is 1. The average Bonchev–Trinajstić information content (AvgIpc) is 3.36. The second-order valence-corrected chi connectivity index (χ2v) is 11.5. The Kier molecular flexibility index (Phi) is 8.43. The van der Waals surface area contributed by atoms with Crippen molar-refractivity contribution in [2.24, 2.45) is 0 Å². The molecule has 1 aliphatic rings. The maximum absolute atomic E-state index is 13.4. The van der Waals surface area contributed by atoms with Crippen molar-refractivity contribution in [2.45, 2.75) is 62.9 Å². The molecule has 8 nitrogen and oxygen atoms in total. The summed E-state index contributed by atoms with van der Waals surface area (Å²) in [5, 5.41) is 8.66. The van der Waals surface area contributed by atoms with Crippen LogP contribution in [0.5, 0.6) is 0 Å². The van der Waals surface area contributed by atoms with E-state index in [0.29, 0.717) is 29.1 Å². The molecule has 10 heteroatoms. The Balaban J connectivity index is 1.54. The van der Waals surface area contributed by atoms with Gasteiger partial charge in [-0.1, -0.05) is 56.0 Å². The maximum atomic E-state index is 13.4. The number of rotatable bonds is 9. The Hall–Kier alpha value is -2.75. The summed E-state index contributed by atoms with van der Waals surface area (Å²) >= 11 is 6.23. The van der Waals surface area contributed by atoms with Gasteiger partial charge in [-0.2, -0.15) is 4.31 Å².